The first kappa shape index (κ1) is 26.2. The number of benzene rings is 1. The summed E-state index contributed by atoms with van der Waals surface area (Å²) in [7, 11) is 1.96. The normalized spacial score (nSPS) is 21.1. The molecule has 0 aromatic heterocycles. The van der Waals surface area contributed by atoms with Crippen LogP contribution < -0.4 is 0 Å². The second-order valence-corrected chi connectivity index (χ2v) is 8.93. The summed E-state index contributed by atoms with van der Waals surface area (Å²) in [5.74, 6) is -2.37. The van der Waals surface area contributed by atoms with Crippen molar-refractivity contribution in [3.63, 3.8) is 0 Å². The number of carboxylic acids is 2. The van der Waals surface area contributed by atoms with Crippen LogP contribution in [0.3, 0.4) is 0 Å². The Morgan fingerprint density at radius 2 is 1.62 bits per heavy atom. The number of likely N-dealkylation sites (tertiary alicyclic amines) is 1. The largest absolute Gasteiger partial charge is 0.478 e. The van der Waals surface area contributed by atoms with Gasteiger partial charge in [-0.25, -0.2) is 9.59 Å². The van der Waals surface area contributed by atoms with Crippen molar-refractivity contribution < 1.29 is 24.6 Å². The molecule has 1 aromatic rings. The molecule has 1 aromatic carbocycles. The monoisotopic (exact) mass is 484 g/mol. The highest BCUT2D eigenvalue weighted by molar-refractivity contribution is 6.35. The molecule has 2 fully saturated rings. The fourth-order valence-corrected chi connectivity index (χ4v) is 4.80. The average Bonchev–Trinajstić information content (AvgIpc) is 3.29. The zero-order chi connectivity index (χ0) is 23.7. The number of carbonyl (C=O) groups is 3. The first-order chi connectivity index (χ1) is 15.2. The molecule has 0 bridgehead atoms. The lowest BCUT2D eigenvalue weighted by Gasteiger charge is -2.42. The van der Waals surface area contributed by atoms with Crippen LogP contribution in [-0.4, -0.2) is 70.1 Å². The molecule has 1 heterocycles. The lowest BCUT2D eigenvalue weighted by molar-refractivity contribution is -0.134. The molecule has 0 radical (unpaired) electrons. The van der Waals surface area contributed by atoms with E-state index in [0.717, 1.165) is 12.0 Å². The number of aliphatic carboxylic acids is 2. The summed E-state index contributed by atoms with van der Waals surface area (Å²) in [5, 5.41) is 16.8. The average molecular weight is 485 g/mol. The Balaban J connectivity index is 0.000000390. The number of hydrogen-bond acceptors (Lipinski definition) is 4. The van der Waals surface area contributed by atoms with Crippen molar-refractivity contribution >= 4 is 41.0 Å². The topological polar surface area (TPSA) is 98.2 Å². The van der Waals surface area contributed by atoms with Gasteiger partial charge in [0.1, 0.15) is 0 Å². The quantitative estimate of drug-likeness (QED) is 0.589. The van der Waals surface area contributed by atoms with E-state index in [4.69, 9.17) is 33.4 Å². The molecule has 1 saturated carbocycles. The smallest absolute Gasteiger partial charge is 0.328 e. The van der Waals surface area contributed by atoms with Crippen molar-refractivity contribution in [1.29, 1.82) is 0 Å². The molecule has 0 unspecified atom stereocenters. The van der Waals surface area contributed by atoms with Gasteiger partial charge in [-0.05, 0) is 56.5 Å². The molecule has 2 N–H and O–H groups in total. The third-order valence-corrected chi connectivity index (χ3v) is 6.51. The Labute approximate surface area is 198 Å². The Kier molecular flexibility index (Phi) is 10.5. The third-order valence-electron chi connectivity index (χ3n) is 5.92. The van der Waals surface area contributed by atoms with Gasteiger partial charge in [0.25, 0.3) is 0 Å². The predicted molar refractivity (Wildman–Crippen MR) is 124 cm³/mol. The van der Waals surface area contributed by atoms with Crippen LogP contribution in [0.5, 0.6) is 0 Å². The van der Waals surface area contributed by atoms with Crippen molar-refractivity contribution in [1.82, 2.24) is 9.80 Å². The van der Waals surface area contributed by atoms with Crippen LogP contribution in [0.25, 0.3) is 0 Å². The molecule has 7 nitrogen and oxygen atoms in total. The first-order valence-electron chi connectivity index (χ1n) is 10.8. The number of likely N-dealkylation sites (N-methyl/N-ethyl adjacent to an activating group) is 1. The van der Waals surface area contributed by atoms with Gasteiger partial charge in [0.2, 0.25) is 5.91 Å². The lowest BCUT2D eigenvalue weighted by atomic mass is 9.88. The molecular formula is C23H30Cl2N2O5. The Morgan fingerprint density at radius 3 is 2.19 bits per heavy atom. The van der Waals surface area contributed by atoms with E-state index >= 15 is 0 Å². The number of carboxylic acid groups (broad SMARTS) is 2. The molecule has 32 heavy (non-hydrogen) atoms. The van der Waals surface area contributed by atoms with Crippen molar-refractivity contribution in [2.75, 3.05) is 20.1 Å². The van der Waals surface area contributed by atoms with Gasteiger partial charge >= 0.3 is 11.9 Å². The van der Waals surface area contributed by atoms with Gasteiger partial charge in [-0.1, -0.05) is 42.1 Å². The fraction of sp³-hybridized carbons (Fsp3) is 0.522. The zero-order valence-electron chi connectivity index (χ0n) is 18.2. The summed E-state index contributed by atoms with van der Waals surface area (Å²) in [6.07, 6.45) is 8.86. The second-order valence-electron chi connectivity index (χ2n) is 8.09. The molecule has 2 aliphatic rings. The Hall–Kier alpha value is -2.09. The summed E-state index contributed by atoms with van der Waals surface area (Å²) in [6, 6.07) is 6.21. The number of nitrogens with zero attached hydrogens (tertiary/aromatic N) is 2. The molecule has 9 heteroatoms. The molecule has 1 amide bonds. The van der Waals surface area contributed by atoms with Crippen molar-refractivity contribution in [2.24, 2.45) is 0 Å². The summed E-state index contributed by atoms with van der Waals surface area (Å²) < 4.78 is 0. The first-order valence-corrected chi connectivity index (χ1v) is 11.5. The fourth-order valence-electron chi connectivity index (χ4n) is 4.32. The van der Waals surface area contributed by atoms with Crippen LogP contribution >= 0.6 is 23.2 Å². The minimum Gasteiger partial charge on any atom is -0.478 e. The molecule has 0 spiro atoms. The van der Waals surface area contributed by atoms with E-state index in [2.05, 4.69) is 4.90 Å². The standard InChI is InChI=1S/C19H26Cl2N2O.C4H4O4/c1-22(19(24)12-14-8-9-15(20)13-16(14)21)17-6-2-3-7-18(17)23-10-4-5-11-23;5-3(6)1-2-4(7)8/h8-9,13,17-18H,2-7,10-12H2,1H3;1-2H,(H,5,6)(H,7,8)/b;2-1+/t17-,18+;/m1./s1. The molecule has 1 saturated heterocycles. The molecule has 1 aliphatic heterocycles. The number of rotatable bonds is 6. The minimum atomic E-state index is -1.26. The van der Waals surface area contributed by atoms with E-state index in [1.165, 1.54) is 45.2 Å². The van der Waals surface area contributed by atoms with Crippen LogP contribution in [-0.2, 0) is 20.8 Å². The molecule has 2 atom stereocenters. The van der Waals surface area contributed by atoms with Crippen LogP contribution in [0, 0.1) is 0 Å². The number of carbonyl (C=O) groups excluding carboxylic acids is 1. The predicted octanol–water partition coefficient (Wildman–Crippen LogP) is 4.11. The van der Waals surface area contributed by atoms with Crippen LogP contribution in [0.15, 0.2) is 30.4 Å². The Morgan fingerprint density at radius 1 is 1.03 bits per heavy atom. The number of amides is 1. The van der Waals surface area contributed by atoms with E-state index < -0.39 is 11.9 Å². The maximum atomic E-state index is 12.8. The number of halogens is 2. The van der Waals surface area contributed by atoms with E-state index in [-0.39, 0.29) is 5.91 Å². The summed E-state index contributed by atoms with van der Waals surface area (Å²) in [5.41, 5.74) is 0.853. The second kappa shape index (κ2) is 12.8. The van der Waals surface area contributed by atoms with Crippen molar-refractivity contribution in [3.05, 3.63) is 46.0 Å². The van der Waals surface area contributed by atoms with Crippen molar-refractivity contribution in [2.45, 2.75) is 57.0 Å². The minimum absolute atomic E-state index is 0.148. The van der Waals surface area contributed by atoms with Gasteiger partial charge in [-0.15, -0.1) is 0 Å². The van der Waals surface area contributed by atoms with E-state index in [1.807, 2.05) is 18.0 Å². The van der Waals surface area contributed by atoms with Gasteiger partial charge in [0.15, 0.2) is 0 Å². The van der Waals surface area contributed by atoms with E-state index in [1.54, 1.807) is 12.1 Å². The van der Waals surface area contributed by atoms with Gasteiger partial charge in [-0.2, -0.15) is 0 Å². The zero-order valence-corrected chi connectivity index (χ0v) is 19.7. The van der Waals surface area contributed by atoms with Gasteiger partial charge in [-0.3, -0.25) is 9.69 Å². The summed E-state index contributed by atoms with van der Waals surface area (Å²) >= 11 is 12.2. The van der Waals surface area contributed by atoms with E-state index in [9.17, 15) is 14.4 Å². The number of hydrogen-bond donors (Lipinski definition) is 2. The highest BCUT2D eigenvalue weighted by atomic mass is 35.5. The molecular weight excluding hydrogens is 455 g/mol. The van der Waals surface area contributed by atoms with Gasteiger partial charge in [0.05, 0.1) is 6.42 Å². The highest BCUT2D eigenvalue weighted by Crippen LogP contribution is 2.30. The SMILES string of the molecule is CN(C(=O)Cc1ccc(Cl)cc1Cl)[C@@H]1CCCC[C@@H]1N1CCCC1.O=C(O)/C=C/C(=O)O. The van der Waals surface area contributed by atoms with Gasteiger partial charge < -0.3 is 15.1 Å². The highest BCUT2D eigenvalue weighted by Gasteiger charge is 2.35. The third kappa shape index (κ3) is 8.11. The van der Waals surface area contributed by atoms with Crippen molar-refractivity contribution in [3.8, 4) is 0 Å². The molecule has 176 valence electrons. The summed E-state index contributed by atoms with van der Waals surface area (Å²) in [4.78, 5) is 36.5. The van der Waals surface area contributed by atoms with Crippen LogP contribution in [0.4, 0.5) is 0 Å². The molecule has 3 rings (SSSR count). The van der Waals surface area contributed by atoms with Gasteiger partial charge in [0, 0.05) is 41.3 Å². The van der Waals surface area contributed by atoms with Crippen LogP contribution in [0.1, 0.15) is 44.1 Å². The maximum absolute atomic E-state index is 12.8. The van der Waals surface area contributed by atoms with E-state index in [0.29, 0.717) is 40.7 Å². The Bertz CT molecular complexity index is 824. The molecule has 1 aliphatic carbocycles. The maximum Gasteiger partial charge on any atom is 0.328 e. The van der Waals surface area contributed by atoms with Crippen LogP contribution in [0.2, 0.25) is 10.0 Å². The lowest BCUT2D eigenvalue weighted by Crippen LogP contribution is -2.53. The summed E-state index contributed by atoms with van der Waals surface area (Å²) in [6.45, 7) is 2.37.